The van der Waals surface area contributed by atoms with Crippen molar-refractivity contribution < 1.29 is 13.9 Å². The Morgan fingerprint density at radius 3 is 2.76 bits per heavy atom. The first-order valence-electron chi connectivity index (χ1n) is 8.96. The highest BCUT2D eigenvalue weighted by molar-refractivity contribution is 6.00. The van der Waals surface area contributed by atoms with E-state index in [0.717, 1.165) is 5.56 Å². The molecule has 1 aliphatic heterocycles. The van der Waals surface area contributed by atoms with Crippen LogP contribution in [0.2, 0.25) is 0 Å². The zero-order valence-electron chi connectivity index (χ0n) is 15.5. The molecule has 0 saturated heterocycles. The first-order valence-corrected chi connectivity index (χ1v) is 8.96. The molecule has 0 atom stereocenters. The van der Waals surface area contributed by atoms with Crippen LogP contribution in [0.1, 0.15) is 11.4 Å². The molecule has 2 heterocycles. The van der Waals surface area contributed by atoms with Gasteiger partial charge in [-0.05, 0) is 23.8 Å². The van der Waals surface area contributed by atoms with E-state index >= 15 is 0 Å². The Kier molecular flexibility index (Phi) is 5.00. The topological polar surface area (TPSA) is 147 Å². The minimum absolute atomic E-state index is 0.159. The predicted molar refractivity (Wildman–Crippen MR) is 108 cm³/mol. The van der Waals surface area contributed by atoms with Crippen LogP contribution in [0, 0.1) is 5.82 Å². The van der Waals surface area contributed by atoms with Gasteiger partial charge in [0.1, 0.15) is 11.6 Å². The molecule has 0 bridgehead atoms. The van der Waals surface area contributed by atoms with Crippen molar-refractivity contribution in [1.82, 2.24) is 9.97 Å². The van der Waals surface area contributed by atoms with Crippen LogP contribution in [0.15, 0.2) is 35.3 Å². The molecule has 0 radical (unpaired) electrons. The van der Waals surface area contributed by atoms with Gasteiger partial charge in [-0.15, -0.1) is 0 Å². The van der Waals surface area contributed by atoms with Gasteiger partial charge in [0.25, 0.3) is 0 Å². The van der Waals surface area contributed by atoms with Crippen molar-refractivity contribution in [3.8, 4) is 11.5 Å². The van der Waals surface area contributed by atoms with Gasteiger partial charge in [-0.25, -0.2) is 14.4 Å². The van der Waals surface area contributed by atoms with Gasteiger partial charge in [0.2, 0.25) is 6.79 Å². The van der Waals surface area contributed by atoms with E-state index in [1.54, 1.807) is 0 Å². The Hall–Kier alpha value is -3.66. The van der Waals surface area contributed by atoms with Crippen molar-refractivity contribution in [2.75, 3.05) is 25.2 Å². The van der Waals surface area contributed by atoms with E-state index in [-0.39, 0.29) is 18.6 Å². The molecule has 4 rings (SSSR count). The van der Waals surface area contributed by atoms with Gasteiger partial charge in [-0.1, -0.05) is 6.07 Å². The summed E-state index contributed by atoms with van der Waals surface area (Å²) >= 11 is 0. The molecule has 0 unspecified atom stereocenters. The average molecular weight is 397 g/mol. The minimum Gasteiger partial charge on any atom is -0.454 e. The van der Waals surface area contributed by atoms with Crippen molar-refractivity contribution in [2.45, 2.75) is 6.42 Å². The number of nitrogens with zero attached hydrogens (tertiary/aromatic N) is 3. The van der Waals surface area contributed by atoms with Crippen LogP contribution in [0.25, 0.3) is 10.9 Å². The largest absolute Gasteiger partial charge is 0.454 e. The summed E-state index contributed by atoms with van der Waals surface area (Å²) in [4.78, 5) is 13.1. The Balaban J connectivity index is 1.80. The van der Waals surface area contributed by atoms with Crippen molar-refractivity contribution in [2.24, 2.45) is 22.2 Å². The van der Waals surface area contributed by atoms with Crippen molar-refractivity contribution in [1.29, 1.82) is 0 Å². The van der Waals surface area contributed by atoms with E-state index in [1.165, 1.54) is 12.1 Å². The highest BCUT2D eigenvalue weighted by Gasteiger charge is 2.17. The lowest BCUT2D eigenvalue weighted by Crippen LogP contribution is -2.22. The van der Waals surface area contributed by atoms with Crippen molar-refractivity contribution >= 4 is 28.4 Å². The molecule has 3 aromatic rings. The number of aromatic nitrogens is 2. The molecule has 29 heavy (non-hydrogen) atoms. The zero-order chi connectivity index (χ0) is 20.4. The van der Waals surface area contributed by atoms with E-state index < -0.39 is 5.82 Å². The molecular weight excluding hydrogens is 377 g/mol. The summed E-state index contributed by atoms with van der Waals surface area (Å²) in [6, 6.07) is 8.23. The zero-order valence-corrected chi connectivity index (χ0v) is 15.5. The summed E-state index contributed by atoms with van der Waals surface area (Å²) in [5.74, 6) is 1.43. The average Bonchev–Trinajstić information content (AvgIpc) is 3.13. The fourth-order valence-electron chi connectivity index (χ4n) is 3.12. The van der Waals surface area contributed by atoms with Crippen LogP contribution in [0.4, 0.5) is 15.9 Å². The number of fused-ring (bicyclic) bond motifs is 2. The van der Waals surface area contributed by atoms with Gasteiger partial charge in [0, 0.05) is 25.6 Å². The smallest absolute Gasteiger partial charge is 0.231 e. The van der Waals surface area contributed by atoms with Gasteiger partial charge >= 0.3 is 0 Å². The molecule has 0 amide bonds. The van der Waals surface area contributed by atoms with Gasteiger partial charge in [-0.3, -0.25) is 0 Å². The Morgan fingerprint density at radius 2 is 1.97 bits per heavy atom. The number of hydrogen-bond acceptors (Lipinski definition) is 7. The van der Waals surface area contributed by atoms with Gasteiger partial charge < -0.3 is 32.0 Å². The molecule has 1 aromatic heterocycles. The maximum atomic E-state index is 14.2. The van der Waals surface area contributed by atoms with Gasteiger partial charge in [0.15, 0.2) is 23.3 Å². The molecular formula is C19H20FN7O2. The summed E-state index contributed by atoms with van der Waals surface area (Å²) in [5.41, 5.74) is 18.5. The predicted octanol–water partition coefficient (Wildman–Crippen LogP) is 1.36. The molecule has 10 heteroatoms. The van der Waals surface area contributed by atoms with Crippen LogP contribution < -0.4 is 32.0 Å². The number of aliphatic imine (C=N–C) groups is 1. The Morgan fingerprint density at radius 1 is 1.14 bits per heavy atom. The first-order chi connectivity index (χ1) is 14.0. The third-order valence-corrected chi connectivity index (χ3v) is 4.28. The van der Waals surface area contributed by atoms with Crippen LogP contribution >= 0.6 is 0 Å². The highest BCUT2D eigenvalue weighted by atomic mass is 19.1. The lowest BCUT2D eigenvalue weighted by Gasteiger charge is -2.12. The number of anilines is 1. The third kappa shape index (κ3) is 3.97. The normalized spacial score (nSPS) is 12.2. The number of ether oxygens (including phenoxy) is 2. The fourth-order valence-corrected chi connectivity index (χ4v) is 3.12. The Bertz CT molecular complexity index is 1100. The van der Waals surface area contributed by atoms with Crippen LogP contribution in [0.5, 0.6) is 11.5 Å². The van der Waals surface area contributed by atoms with Gasteiger partial charge in [0.05, 0.1) is 16.6 Å². The third-order valence-electron chi connectivity index (χ3n) is 4.28. The van der Waals surface area contributed by atoms with Gasteiger partial charge in [-0.2, -0.15) is 4.99 Å². The summed E-state index contributed by atoms with van der Waals surface area (Å²) in [7, 11) is 0. The molecule has 1 aliphatic rings. The fraction of sp³-hybridized carbons (Fsp3) is 0.211. The number of benzene rings is 2. The number of hydrogen-bond donors (Lipinski definition) is 4. The molecule has 0 fully saturated rings. The first kappa shape index (κ1) is 18.7. The number of halogens is 1. The molecule has 7 N–H and O–H groups in total. The molecule has 9 nitrogen and oxygen atoms in total. The molecule has 0 aliphatic carbocycles. The molecule has 150 valence electrons. The van der Waals surface area contributed by atoms with Crippen molar-refractivity contribution in [3.05, 3.63) is 47.5 Å². The monoisotopic (exact) mass is 397 g/mol. The lowest BCUT2D eigenvalue weighted by atomic mass is 10.1. The van der Waals surface area contributed by atoms with Crippen molar-refractivity contribution in [3.63, 3.8) is 0 Å². The second-order valence-electron chi connectivity index (χ2n) is 6.43. The second kappa shape index (κ2) is 7.76. The number of guanidine groups is 1. The SMILES string of the molecule is NCCNc1cc(F)cc2nc(Cc3ccc4c(c3)OCO4)nc(N=C(N)N)c12. The summed E-state index contributed by atoms with van der Waals surface area (Å²) in [6.45, 7) is 1.01. The Labute approximate surface area is 165 Å². The van der Waals surface area contributed by atoms with Crippen LogP contribution in [-0.4, -0.2) is 35.8 Å². The van der Waals surface area contributed by atoms with E-state index in [1.807, 2.05) is 18.2 Å². The maximum Gasteiger partial charge on any atom is 0.231 e. The van der Waals surface area contributed by atoms with E-state index in [9.17, 15) is 4.39 Å². The maximum absolute atomic E-state index is 14.2. The van der Waals surface area contributed by atoms with E-state index in [4.69, 9.17) is 26.7 Å². The number of rotatable bonds is 6. The summed E-state index contributed by atoms with van der Waals surface area (Å²) in [5, 5.41) is 3.58. The quantitative estimate of drug-likeness (QED) is 0.360. The summed E-state index contributed by atoms with van der Waals surface area (Å²) in [6.07, 6.45) is 0.377. The van der Waals surface area contributed by atoms with E-state index in [2.05, 4.69) is 20.3 Å². The lowest BCUT2D eigenvalue weighted by molar-refractivity contribution is 0.174. The minimum atomic E-state index is -0.444. The molecule has 0 spiro atoms. The second-order valence-corrected chi connectivity index (χ2v) is 6.43. The molecule has 0 saturated carbocycles. The van der Waals surface area contributed by atoms with Crippen LogP contribution in [0.3, 0.4) is 0 Å². The van der Waals surface area contributed by atoms with E-state index in [0.29, 0.717) is 53.4 Å². The standard InChI is InChI=1S/C19H20FN7O2/c20-11-7-12(24-4-3-21)17-13(8-11)25-16(26-18(17)27-19(22)23)6-10-1-2-14-15(5-10)29-9-28-14/h1-2,5,7-8,24H,3-4,6,9,21H2,(H4,22,23,25,26,27). The molecule has 2 aromatic carbocycles. The van der Waals surface area contributed by atoms with Crippen LogP contribution in [-0.2, 0) is 6.42 Å². The number of nitrogens with one attached hydrogen (secondary N) is 1. The highest BCUT2D eigenvalue weighted by Crippen LogP contribution is 2.34. The number of nitrogens with two attached hydrogens (primary N) is 3. The summed E-state index contributed by atoms with van der Waals surface area (Å²) < 4.78 is 24.9.